The highest BCUT2D eigenvalue weighted by atomic mass is 79.9. The van der Waals surface area contributed by atoms with Gasteiger partial charge >= 0.3 is 0 Å². The van der Waals surface area contributed by atoms with Crippen molar-refractivity contribution in [3.05, 3.63) is 0 Å². The van der Waals surface area contributed by atoms with Gasteiger partial charge in [-0.2, -0.15) is 0 Å². The minimum absolute atomic E-state index is 0.188. The fourth-order valence-corrected chi connectivity index (χ4v) is 2.67. The normalized spacial score (nSPS) is 46.3. The first-order valence-electron chi connectivity index (χ1n) is 2.02. The number of alkyl halides is 3. The van der Waals surface area contributed by atoms with Crippen molar-refractivity contribution in [2.45, 2.75) is 20.9 Å². The lowest BCUT2D eigenvalue weighted by molar-refractivity contribution is 1.08. The monoisotopic (exact) mass is 290 g/mol. The largest absolute Gasteiger partial charge is 0.0969 e. The molecule has 1 rings (SSSR count). The molecule has 0 saturated heterocycles. The van der Waals surface area contributed by atoms with Crippen molar-refractivity contribution >= 4 is 47.8 Å². The van der Waals surface area contributed by atoms with Gasteiger partial charge in [0.05, 0.1) is 7.56 Å². The van der Waals surface area contributed by atoms with Gasteiger partial charge in [0.1, 0.15) is 0 Å². The molecule has 0 heterocycles. The smallest absolute Gasteiger partial charge is 0.0831 e. The van der Waals surface area contributed by atoms with Gasteiger partial charge in [0.25, 0.3) is 0 Å². The molecular formula is C4H5Br3. The van der Waals surface area contributed by atoms with Crippen molar-refractivity contribution in [1.82, 2.24) is 0 Å². The Morgan fingerprint density at radius 2 is 1.43 bits per heavy atom. The summed E-state index contributed by atoms with van der Waals surface area (Å²) in [5.74, 6) is 0. The Bertz CT molecular complexity index is 83.1. The van der Waals surface area contributed by atoms with Crippen molar-refractivity contribution in [3.8, 4) is 0 Å². The molecule has 1 aliphatic carbocycles. The zero-order chi connectivity index (χ0) is 5.71. The number of hydrogen-bond acceptors (Lipinski definition) is 0. The van der Waals surface area contributed by atoms with Crippen molar-refractivity contribution in [2.24, 2.45) is 0 Å². The van der Waals surface area contributed by atoms with Gasteiger partial charge < -0.3 is 0 Å². The molecule has 0 amide bonds. The average Bonchev–Trinajstić information content (AvgIpc) is 1.63. The molecule has 0 radical (unpaired) electrons. The number of halogens is 3. The molecular weight excluding hydrogens is 288 g/mol. The third-order valence-corrected chi connectivity index (χ3v) is 5.52. The summed E-state index contributed by atoms with van der Waals surface area (Å²) in [5, 5.41) is 0. The molecule has 1 saturated carbocycles. The van der Waals surface area contributed by atoms with Gasteiger partial charge in [-0.3, -0.25) is 0 Å². The third-order valence-electron chi connectivity index (χ3n) is 1.19. The fourth-order valence-electron chi connectivity index (χ4n) is 0.373. The average molecular weight is 293 g/mol. The Hall–Kier alpha value is 1.44. The highest BCUT2D eigenvalue weighted by molar-refractivity contribution is 9.26. The van der Waals surface area contributed by atoms with E-state index in [-0.39, 0.29) is 3.23 Å². The molecule has 0 bridgehead atoms. The van der Waals surface area contributed by atoms with Crippen LogP contribution in [0.2, 0.25) is 0 Å². The van der Waals surface area contributed by atoms with Gasteiger partial charge in [-0.15, -0.1) is 0 Å². The van der Waals surface area contributed by atoms with Crippen molar-refractivity contribution in [1.29, 1.82) is 0 Å². The Balaban J connectivity index is 2.59. The summed E-state index contributed by atoms with van der Waals surface area (Å²) in [5.41, 5.74) is 0. The molecule has 0 aromatic heterocycles. The highest BCUT2D eigenvalue weighted by Gasteiger charge is 2.60. The van der Waals surface area contributed by atoms with Crippen molar-refractivity contribution in [2.75, 3.05) is 0 Å². The molecule has 7 heavy (non-hydrogen) atoms. The van der Waals surface area contributed by atoms with Crippen LogP contribution < -0.4 is 0 Å². The van der Waals surface area contributed by atoms with Crippen LogP contribution in [-0.4, -0.2) is 7.56 Å². The summed E-state index contributed by atoms with van der Waals surface area (Å²) in [4.78, 5) is 0. The molecule has 0 N–H and O–H groups in total. The van der Waals surface area contributed by atoms with Gasteiger partial charge in [-0.1, -0.05) is 47.8 Å². The summed E-state index contributed by atoms with van der Waals surface area (Å²) < 4.78 is 0.479. The molecule has 1 fully saturated rings. The second-order valence-corrected chi connectivity index (χ2v) is 7.60. The van der Waals surface area contributed by atoms with Crippen molar-refractivity contribution in [3.63, 3.8) is 0 Å². The Morgan fingerprint density at radius 3 is 1.43 bits per heavy atom. The number of hydrogen-bond donors (Lipinski definition) is 0. The van der Waals surface area contributed by atoms with E-state index in [0.29, 0.717) is 4.32 Å². The topological polar surface area (TPSA) is 0 Å². The SMILES string of the molecule is CC1(Br)CC1(Br)Br. The van der Waals surface area contributed by atoms with Gasteiger partial charge in [0.2, 0.25) is 0 Å². The predicted molar refractivity (Wildman–Crippen MR) is 42.5 cm³/mol. The van der Waals surface area contributed by atoms with E-state index in [0.717, 1.165) is 6.42 Å². The summed E-state index contributed by atoms with van der Waals surface area (Å²) in [7, 11) is 0. The van der Waals surface area contributed by atoms with Gasteiger partial charge in [-0.25, -0.2) is 0 Å². The molecule has 42 valence electrons. The van der Waals surface area contributed by atoms with E-state index in [9.17, 15) is 0 Å². The van der Waals surface area contributed by atoms with E-state index in [1.54, 1.807) is 0 Å². The minimum Gasteiger partial charge on any atom is -0.0831 e. The molecule has 1 aliphatic rings. The highest BCUT2D eigenvalue weighted by Crippen LogP contribution is 2.64. The Morgan fingerprint density at radius 1 is 1.29 bits per heavy atom. The minimum atomic E-state index is 0.188. The Kier molecular flexibility index (Phi) is 1.39. The van der Waals surface area contributed by atoms with E-state index in [2.05, 4.69) is 54.7 Å². The van der Waals surface area contributed by atoms with Crippen LogP contribution in [0.5, 0.6) is 0 Å². The van der Waals surface area contributed by atoms with Crippen LogP contribution in [0.25, 0.3) is 0 Å². The molecule has 3 heteroatoms. The first kappa shape index (κ1) is 6.56. The fraction of sp³-hybridized carbons (Fsp3) is 1.00. The van der Waals surface area contributed by atoms with Crippen LogP contribution in [-0.2, 0) is 0 Å². The summed E-state index contributed by atoms with van der Waals surface area (Å²) in [6, 6.07) is 0. The van der Waals surface area contributed by atoms with E-state index in [4.69, 9.17) is 0 Å². The zero-order valence-corrected chi connectivity index (χ0v) is 8.60. The quantitative estimate of drug-likeness (QED) is 0.602. The van der Waals surface area contributed by atoms with Crippen LogP contribution in [0, 0.1) is 0 Å². The lowest BCUT2D eigenvalue weighted by atomic mass is 10.5. The lowest BCUT2D eigenvalue weighted by Gasteiger charge is -1.97. The van der Waals surface area contributed by atoms with E-state index >= 15 is 0 Å². The summed E-state index contributed by atoms with van der Waals surface area (Å²) >= 11 is 10.5. The Labute approximate surface area is 68.4 Å². The molecule has 0 aliphatic heterocycles. The maximum atomic E-state index is 3.51. The van der Waals surface area contributed by atoms with Gasteiger partial charge in [-0.05, 0) is 13.3 Å². The van der Waals surface area contributed by atoms with Crippen LogP contribution in [0.3, 0.4) is 0 Å². The number of rotatable bonds is 0. The van der Waals surface area contributed by atoms with Crippen LogP contribution >= 0.6 is 47.8 Å². The molecule has 0 spiro atoms. The molecule has 1 atom stereocenters. The molecule has 1 unspecified atom stereocenters. The molecule has 0 aromatic rings. The van der Waals surface area contributed by atoms with E-state index in [1.807, 2.05) is 0 Å². The van der Waals surface area contributed by atoms with E-state index in [1.165, 1.54) is 0 Å². The maximum absolute atomic E-state index is 3.51. The summed E-state index contributed by atoms with van der Waals surface area (Å²) in [6.45, 7) is 2.15. The van der Waals surface area contributed by atoms with Gasteiger partial charge in [0.15, 0.2) is 0 Å². The predicted octanol–water partition coefficient (Wildman–Crippen LogP) is 3.03. The van der Waals surface area contributed by atoms with Crippen LogP contribution in [0.4, 0.5) is 0 Å². The first-order chi connectivity index (χ1) is 2.96. The standard InChI is InChI=1S/C4H5Br3/c1-3(5)2-4(3,6)7/h2H2,1H3. The van der Waals surface area contributed by atoms with Gasteiger partial charge in [0, 0.05) is 0 Å². The van der Waals surface area contributed by atoms with Crippen LogP contribution in [0.1, 0.15) is 13.3 Å². The maximum Gasteiger partial charge on any atom is 0.0969 e. The van der Waals surface area contributed by atoms with Crippen LogP contribution in [0.15, 0.2) is 0 Å². The first-order valence-corrected chi connectivity index (χ1v) is 4.40. The van der Waals surface area contributed by atoms with E-state index < -0.39 is 0 Å². The molecule has 0 nitrogen and oxygen atoms in total. The lowest BCUT2D eigenvalue weighted by Crippen LogP contribution is -1.97. The second kappa shape index (κ2) is 1.48. The zero-order valence-electron chi connectivity index (χ0n) is 3.84. The van der Waals surface area contributed by atoms with Crippen molar-refractivity contribution < 1.29 is 0 Å². The second-order valence-electron chi connectivity index (χ2n) is 2.08. The molecule has 0 aromatic carbocycles. The third kappa shape index (κ3) is 1.06. The summed E-state index contributed by atoms with van der Waals surface area (Å²) in [6.07, 6.45) is 1.15.